The quantitative estimate of drug-likeness (QED) is 0.225. The number of piperazine rings is 1. The van der Waals surface area contributed by atoms with Crippen molar-refractivity contribution < 1.29 is 19.5 Å². The van der Waals surface area contributed by atoms with Gasteiger partial charge in [0.15, 0.2) is 11.6 Å². The molecule has 0 bridgehead atoms. The number of carboxylic acid groups (broad SMARTS) is 1. The van der Waals surface area contributed by atoms with E-state index in [-0.39, 0.29) is 42.5 Å². The number of hydrogen-bond donors (Lipinski definition) is 5. The first-order valence-corrected chi connectivity index (χ1v) is 12.6. The van der Waals surface area contributed by atoms with E-state index in [0.29, 0.717) is 12.6 Å². The monoisotopic (exact) mass is 516 g/mol. The molecule has 2 aliphatic heterocycles. The number of amides is 1. The van der Waals surface area contributed by atoms with E-state index in [0.717, 1.165) is 32.5 Å². The number of fused-ring (bicyclic) bond motifs is 1. The topological polar surface area (TPSA) is 185 Å². The molecule has 0 saturated carbocycles. The molecule has 5 N–H and O–H groups in total. The van der Waals surface area contributed by atoms with Gasteiger partial charge in [-0.15, -0.1) is 0 Å². The highest BCUT2D eigenvalue weighted by molar-refractivity contribution is 6.40. The smallest absolute Gasteiger partial charge is 0.305 e. The summed E-state index contributed by atoms with van der Waals surface area (Å²) >= 11 is 0. The summed E-state index contributed by atoms with van der Waals surface area (Å²) in [6.45, 7) is 6.54. The number of anilines is 1. The molecule has 13 nitrogen and oxygen atoms in total. The lowest BCUT2D eigenvalue weighted by Gasteiger charge is -2.37. The van der Waals surface area contributed by atoms with Crippen LogP contribution in [-0.2, 0) is 14.4 Å². The molecule has 0 spiro atoms. The summed E-state index contributed by atoms with van der Waals surface area (Å²) in [5, 5.41) is 29.9. The van der Waals surface area contributed by atoms with Crippen molar-refractivity contribution in [3.63, 3.8) is 0 Å². The third kappa shape index (κ3) is 7.29. The molecule has 2 saturated heterocycles. The Labute approximate surface area is 215 Å². The number of carbonyl (C=O) groups excluding carboxylic acids is 2. The van der Waals surface area contributed by atoms with Gasteiger partial charge in [-0.1, -0.05) is 6.92 Å². The fourth-order valence-electron chi connectivity index (χ4n) is 4.82. The number of aliphatic carboxylic acids is 1. The van der Waals surface area contributed by atoms with Crippen LogP contribution >= 0.6 is 0 Å². The number of hydrogen-bond acceptors (Lipinski definition) is 10. The van der Waals surface area contributed by atoms with Crippen molar-refractivity contribution in [2.45, 2.75) is 57.7 Å². The van der Waals surface area contributed by atoms with E-state index in [2.05, 4.69) is 20.5 Å². The average Bonchev–Trinajstić information content (AvgIpc) is 3.31. The van der Waals surface area contributed by atoms with Crippen LogP contribution in [0.5, 0.6) is 0 Å². The van der Waals surface area contributed by atoms with Crippen molar-refractivity contribution in [3.8, 4) is 0 Å². The number of Topliss-reactive ketones (excluding diaryl/α,β-unsaturated/α-hetero) is 1. The van der Waals surface area contributed by atoms with Crippen LogP contribution in [0.1, 0.15) is 45.6 Å². The summed E-state index contributed by atoms with van der Waals surface area (Å²) in [5.74, 6) is -2.29. The van der Waals surface area contributed by atoms with E-state index in [9.17, 15) is 24.3 Å². The van der Waals surface area contributed by atoms with Crippen LogP contribution in [0.4, 0.5) is 5.82 Å². The fourth-order valence-corrected chi connectivity index (χ4v) is 4.82. The lowest BCUT2D eigenvalue weighted by atomic mass is 10.1. The molecule has 202 valence electrons. The van der Waals surface area contributed by atoms with E-state index in [1.54, 1.807) is 6.92 Å². The number of aromatic nitrogens is 2. The Kier molecular flexibility index (Phi) is 9.64. The minimum absolute atomic E-state index is 0.00856. The Morgan fingerprint density at radius 2 is 2.00 bits per heavy atom. The highest BCUT2D eigenvalue weighted by atomic mass is 16.4. The predicted octanol–water partition coefficient (Wildman–Crippen LogP) is -0.0257. The molecule has 3 atom stereocenters. The van der Waals surface area contributed by atoms with Crippen LogP contribution in [0, 0.1) is 10.8 Å². The van der Waals surface area contributed by atoms with E-state index in [4.69, 9.17) is 10.8 Å². The van der Waals surface area contributed by atoms with E-state index < -0.39 is 35.9 Å². The van der Waals surface area contributed by atoms with Crippen LogP contribution < -0.4 is 16.2 Å². The lowest BCUT2D eigenvalue weighted by molar-refractivity contribution is -0.140. The summed E-state index contributed by atoms with van der Waals surface area (Å²) < 4.78 is 1.17. The first kappa shape index (κ1) is 28.1. The second-order valence-electron chi connectivity index (χ2n) is 9.56. The SMILES string of the molecule is CCC(C(=O)NC(CC(=O)O)C(=O)CN1CCN2CCCC2C1)n1ccnc(NCC(=N)C(C)=N)c1=O. The van der Waals surface area contributed by atoms with Gasteiger partial charge >= 0.3 is 5.97 Å². The molecule has 1 aromatic rings. The zero-order valence-electron chi connectivity index (χ0n) is 21.3. The second-order valence-corrected chi connectivity index (χ2v) is 9.56. The Morgan fingerprint density at radius 1 is 1.24 bits per heavy atom. The number of rotatable bonds is 13. The van der Waals surface area contributed by atoms with Crippen LogP contribution in [0.15, 0.2) is 17.2 Å². The van der Waals surface area contributed by atoms with Crippen LogP contribution in [-0.4, -0.2) is 105 Å². The van der Waals surface area contributed by atoms with Crippen LogP contribution in [0.3, 0.4) is 0 Å². The molecule has 1 aromatic heterocycles. The molecular weight excluding hydrogens is 480 g/mol. The lowest BCUT2D eigenvalue weighted by Crippen LogP contribution is -2.54. The summed E-state index contributed by atoms with van der Waals surface area (Å²) in [4.78, 5) is 59.2. The molecule has 0 aromatic carbocycles. The summed E-state index contributed by atoms with van der Waals surface area (Å²) in [6, 6.07) is -1.80. The molecular formula is C24H36N8O5. The highest BCUT2D eigenvalue weighted by Gasteiger charge is 2.34. The maximum atomic E-state index is 13.2. The third-order valence-corrected chi connectivity index (χ3v) is 6.91. The van der Waals surface area contributed by atoms with Gasteiger partial charge in [0.05, 0.1) is 37.0 Å². The van der Waals surface area contributed by atoms with Gasteiger partial charge in [0.25, 0.3) is 5.56 Å². The molecule has 37 heavy (non-hydrogen) atoms. The first-order valence-electron chi connectivity index (χ1n) is 12.6. The standard InChI is InChI=1S/C24H36N8O5/c1-3-19(32-8-6-27-22(24(32)37)28-12-17(26)15(2)25)23(36)29-18(11-21(34)35)20(33)14-30-9-10-31-7-4-5-16(31)13-30/h6,8,16,18-19,25-26H,3-5,7,9-14H2,1-2H3,(H,27,28)(H,29,36)(H,34,35). The minimum atomic E-state index is -1.22. The van der Waals surface area contributed by atoms with Gasteiger partial charge in [-0.3, -0.25) is 33.5 Å². The number of carboxylic acids is 1. The molecule has 13 heteroatoms. The number of nitrogens with zero attached hydrogens (tertiary/aromatic N) is 4. The zero-order valence-corrected chi connectivity index (χ0v) is 21.3. The first-order chi connectivity index (χ1) is 17.6. The molecule has 3 rings (SSSR count). The van der Waals surface area contributed by atoms with E-state index in [1.165, 1.54) is 23.9 Å². The molecule has 3 unspecified atom stereocenters. The molecule has 0 aliphatic carbocycles. The van der Waals surface area contributed by atoms with Crippen molar-refractivity contribution >= 4 is 34.9 Å². The summed E-state index contributed by atoms with van der Waals surface area (Å²) in [5.41, 5.74) is -0.560. The minimum Gasteiger partial charge on any atom is -0.481 e. The van der Waals surface area contributed by atoms with E-state index in [1.807, 2.05) is 4.90 Å². The van der Waals surface area contributed by atoms with Gasteiger partial charge in [-0.05, 0) is 32.7 Å². The maximum absolute atomic E-state index is 13.2. The van der Waals surface area contributed by atoms with Crippen molar-refractivity contribution in [2.75, 3.05) is 44.6 Å². The Balaban J connectivity index is 1.70. The Bertz CT molecular complexity index is 1100. The van der Waals surface area contributed by atoms with Gasteiger partial charge in [0.1, 0.15) is 6.04 Å². The number of ketones is 1. The van der Waals surface area contributed by atoms with Gasteiger partial charge in [0, 0.05) is 38.1 Å². The van der Waals surface area contributed by atoms with Gasteiger partial charge in [0.2, 0.25) is 5.91 Å². The molecule has 2 fully saturated rings. The second kappa shape index (κ2) is 12.7. The van der Waals surface area contributed by atoms with Gasteiger partial charge in [-0.25, -0.2) is 4.98 Å². The normalized spacial score (nSPS) is 19.5. The van der Waals surface area contributed by atoms with Gasteiger partial charge in [-0.2, -0.15) is 0 Å². The summed E-state index contributed by atoms with van der Waals surface area (Å²) in [6.07, 6.45) is 4.57. The highest BCUT2D eigenvalue weighted by Crippen LogP contribution is 2.21. The molecule has 1 amide bonds. The number of nitrogens with one attached hydrogen (secondary N) is 4. The van der Waals surface area contributed by atoms with E-state index >= 15 is 0 Å². The van der Waals surface area contributed by atoms with Crippen molar-refractivity contribution in [3.05, 3.63) is 22.7 Å². The molecule has 3 heterocycles. The average molecular weight is 517 g/mol. The maximum Gasteiger partial charge on any atom is 0.305 e. The predicted molar refractivity (Wildman–Crippen MR) is 138 cm³/mol. The van der Waals surface area contributed by atoms with Gasteiger partial charge < -0.3 is 26.6 Å². The van der Waals surface area contributed by atoms with Crippen molar-refractivity contribution in [1.29, 1.82) is 10.8 Å². The van der Waals surface area contributed by atoms with Crippen LogP contribution in [0.2, 0.25) is 0 Å². The van der Waals surface area contributed by atoms with Crippen LogP contribution in [0.25, 0.3) is 0 Å². The molecule has 2 aliphatic rings. The third-order valence-electron chi connectivity index (χ3n) is 6.91. The largest absolute Gasteiger partial charge is 0.481 e. The van der Waals surface area contributed by atoms with Crippen molar-refractivity contribution in [1.82, 2.24) is 24.7 Å². The van der Waals surface area contributed by atoms with Crippen molar-refractivity contribution in [2.24, 2.45) is 0 Å². The number of carbonyl (C=O) groups is 3. The summed E-state index contributed by atoms with van der Waals surface area (Å²) in [7, 11) is 0. The zero-order chi connectivity index (χ0) is 27.1. The fraction of sp³-hybridized carbons (Fsp3) is 0.625. The molecule has 0 radical (unpaired) electrons. The Morgan fingerprint density at radius 3 is 2.68 bits per heavy atom. The Hall–Kier alpha value is -3.45.